The third-order valence-electron chi connectivity index (χ3n) is 2.69. The molecule has 1 rings (SSSR count). The SMILES string of the molecule is CC(C(N)=O)N(C)CC(=O)Nc1c(Cl)cccc1Cl. The van der Waals surface area contributed by atoms with Crippen molar-refractivity contribution >= 4 is 40.7 Å². The number of primary amides is 1. The van der Waals surface area contributed by atoms with Gasteiger partial charge in [0.25, 0.3) is 0 Å². The molecule has 0 saturated carbocycles. The minimum absolute atomic E-state index is 0.00561. The first kappa shape index (κ1) is 15.8. The molecule has 7 heteroatoms. The van der Waals surface area contributed by atoms with Crippen LogP contribution in [0.15, 0.2) is 18.2 Å². The van der Waals surface area contributed by atoms with Crippen LogP contribution in [0.5, 0.6) is 0 Å². The number of rotatable bonds is 5. The fourth-order valence-corrected chi connectivity index (χ4v) is 1.87. The molecular weight excluding hydrogens is 289 g/mol. The minimum Gasteiger partial charge on any atom is -0.368 e. The first-order valence-corrected chi connectivity index (χ1v) is 6.32. The highest BCUT2D eigenvalue weighted by atomic mass is 35.5. The number of carbonyl (C=O) groups excluding carboxylic acids is 2. The van der Waals surface area contributed by atoms with Crippen molar-refractivity contribution < 1.29 is 9.59 Å². The summed E-state index contributed by atoms with van der Waals surface area (Å²) >= 11 is 11.9. The van der Waals surface area contributed by atoms with E-state index in [2.05, 4.69) is 5.32 Å². The number of benzene rings is 1. The molecule has 0 spiro atoms. The third kappa shape index (κ3) is 4.38. The molecule has 0 aliphatic heterocycles. The largest absolute Gasteiger partial charge is 0.368 e. The molecule has 5 nitrogen and oxygen atoms in total. The summed E-state index contributed by atoms with van der Waals surface area (Å²) in [5.74, 6) is -0.823. The van der Waals surface area contributed by atoms with E-state index in [1.54, 1.807) is 32.2 Å². The summed E-state index contributed by atoms with van der Waals surface area (Å²) in [6.45, 7) is 1.63. The maximum Gasteiger partial charge on any atom is 0.238 e. The van der Waals surface area contributed by atoms with E-state index < -0.39 is 11.9 Å². The predicted molar refractivity (Wildman–Crippen MR) is 76.4 cm³/mol. The Bertz CT molecular complexity index is 474. The normalized spacial score (nSPS) is 12.3. The maximum atomic E-state index is 11.8. The summed E-state index contributed by atoms with van der Waals surface area (Å²) < 4.78 is 0. The molecule has 3 N–H and O–H groups in total. The monoisotopic (exact) mass is 303 g/mol. The van der Waals surface area contributed by atoms with Crippen LogP contribution >= 0.6 is 23.2 Å². The summed E-state index contributed by atoms with van der Waals surface area (Å²) in [5, 5.41) is 3.31. The standard InChI is InChI=1S/C12H15Cl2N3O2/c1-7(12(15)19)17(2)6-10(18)16-11-8(13)4-3-5-9(11)14/h3-5,7H,6H2,1-2H3,(H2,15,19)(H,16,18). The Labute approximate surface area is 121 Å². The van der Waals surface area contributed by atoms with Crippen molar-refractivity contribution in [1.29, 1.82) is 0 Å². The van der Waals surface area contributed by atoms with Gasteiger partial charge in [0.05, 0.1) is 28.3 Å². The molecule has 0 aromatic heterocycles. The number of carbonyl (C=O) groups is 2. The number of para-hydroxylation sites is 1. The Kier molecular flexibility index (Phi) is 5.60. The topological polar surface area (TPSA) is 75.4 Å². The van der Waals surface area contributed by atoms with Crippen LogP contribution in [0.3, 0.4) is 0 Å². The lowest BCUT2D eigenvalue weighted by molar-refractivity contribution is -0.123. The van der Waals surface area contributed by atoms with Gasteiger partial charge in [-0.25, -0.2) is 0 Å². The molecule has 1 atom stereocenters. The fraction of sp³-hybridized carbons (Fsp3) is 0.333. The summed E-state index contributed by atoms with van der Waals surface area (Å²) in [7, 11) is 1.63. The lowest BCUT2D eigenvalue weighted by Crippen LogP contribution is -2.43. The highest BCUT2D eigenvalue weighted by Crippen LogP contribution is 2.29. The van der Waals surface area contributed by atoms with Crippen LogP contribution in [-0.2, 0) is 9.59 Å². The van der Waals surface area contributed by atoms with Gasteiger partial charge in [0.2, 0.25) is 11.8 Å². The number of halogens is 2. The molecule has 0 fully saturated rings. The van der Waals surface area contributed by atoms with E-state index in [4.69, 9.17) is 28.9 Å². The molecule has 1 aromatic carbocycles. The zero-order valence-corrected chi connectivity index (χ0v) is 12.1. The Morgan fingerprint density at radius 3 is 2.37 bits per heavy atom. The van der Waals surface area contributed by atoms with Crippen LogP contribution in [0.1, 0.15) is 6.92 Å². The molecule has 0 aliphatic carbocycles. The number of amides is 2. The first-order valence-electron chi connectivity index (χ1n) is 5.56. The second kappa shape index (κ2) is 6.75. The molecule has 19 heavy (non-hydrogen) atoms. The quantitative estimate of drug-likeness (QED) is 0.870. The highest BCUT2D eigenvalue weighted by Gasteiger charge is 2.18. The average Bonchev–Trinajstić information content (AvgIpc) is 2.32. The molecule has 104 valence electrons. The minimum atomic E-state index is -0.535. The predicted octanol–water partition coefficient (Wildman–Crippen LogP) is 1.74. The molecule has 1 aromatic rings. The lowest BCUT2D eigenvalue weighted by Gasteiger charge is -2.21. The summed E-state index contributed by atoms with van der Waals surface area (Å²) in [4.78, 5) is 24.4. The average molecular weight is 304 g/mol. The van der Waals surface area contributed by atoms with Crippen molar-refractivity contribution in [2.75, 3.05) is 18.9 Å². The van der Waals surface area contributed by atoms with Crippen molar-refractivity contribution in [3.05, 3.63) is 28.2 Å². The molecule has 0 heterocycles. The van der Waals surface area contributed by atoms with Crippen LogP contribution in [0.2, 0.25) is 10.0 Å². The number of nitrogens with two attached hydrogens (primary N) is 1. The molecule has 0 bridgehead atoms. The summed E-state index contributed by atoms with van der Waals surface area (Å²) in [5.41, 5.74) is 5.52. The van der Waals surface area contributed by atoms with Gasteiger partial charge in [-0.3, -0.25) is 14.5 Å². The van der Waals surface area contributed by atoms with Gasteiger partial charge in [0.15, 0.2) is 0 Å². The lowest BCUT2D eigenvalue weighted by atomic mass is 10.2. The Morgan fingerprint density at radius 2 is 1.89 bits per heavy atom. The van der Waals surface area contributed by atoms with Gasteiger partial charge in [0, 0.05) is 0 Å². The number of anilines is 1. The zero-order chi connectivity index (χ0) is 14.6. The third-order valence-corrected chi connectivity index (χ3v) is 3.32. The van der Waals surface area contributed by atoms with E-state index in [0.29, 0.717) is 15.7 Å². The van der Waals surface area contributed by atoms with Gasteiger partial charge in [-0.1, -0.05) is 29.3 Å². The van der Waals surface area contributed by atoms with Gasteiger partial charge in [-0.2, -0.15) is 0 Å². The summed E-state index contributed by atoms with van der Waals surface area (Å²) in [6.07, 6.45) is 0. The van der Waals surface area contributed by atoms with Crippen LogP contribution < -0.4 is 11.1 Å². The van der Waals surface area contributed by atoms with E-state index in [1.807, 2.05) is 0 Å². The first-order chi connectivity index (χ1) is 8.82. The highest BCUT2D eigenvalue weighted by molar-refractivity contribution is 6.39. The van der Waals surface area contributed by atoms with Crippen LogP contribution in [0.25, 0.3) is 0 Å². The number of hydrogen-bond acceptors (Lipinski definition) is 3. The number of hydrogen-bond donors (Lipinski definition) is 2. The Balaban J connectivity index is 2.68. The van der Waals surface area contributed by atoms with E-state index in [9.17, 15) is 9.59 Å². The van der Waals surface area contributed by atoms with Gasteiger partial charge in [-0.05, 0) is 26.1 Å². The second-order valence-corrected chi connectivity index (χ2v) is 4.95. The fourth-order valence-electron chi connectivity index (χ4n) is 1.38. The van der Waals surface area contributed by atoms with E-state index in [0.717, 1.165) is 0 Å². The molecule has 0 saturated heterocycles. The van der Waals surface area contributed by atoms with E-state index in [-0.39, 0.29) is 12.5 Å². The number of likely N-dealkylation sites (N-methyl/N-ethyl adjacent to an activating group) is 1. The van der Waals surface area contributed by atoms with Gasteiger partial charge in [-0.15, -0.1) is 0 Å². The van der Waals surface area contributed by atoms with Gasteiger partial charge >= 0.3 is 0 Å². The van der Waals surface area contributed by atoms with Gasteiger partial charge in [0.1, 0.15) is 0 Å². The smallest absolute Gasteiger partial charge is 0.238 e. The second-order valence-electron chi connectivity index (χ2n) is 4.14. The van der Waals surface area contributed by atoms with Crippen LogP contribution in [0, 0.1) is 0 Å². The van der Waals surface area contributed by atoms with Gasteiger partial charge < -0.3 is 11.1 Å². The number of nitrogens with zero attached hydrogens (tertiary/aromatic N) is 1. The van der Waals surface area contributed by atoms with Crippen molar-refractivity contribution in [2.24, 2.45) is 5.73 Å². The van der Waals surface area contributed by atoms with E-state index in [1.165, 1.54) is 4.90 Å². The van der Waals surface area contributed by atoms with Crippen molar-refractivity contribution in [3.8, 4) is 0 Å². The Morgan fingerprint density at radius 1 is 1.37 bits per heavy atom. The van der Waals surface area contributed by atoms with Crippen LogP contribution in [-0.4, -0.2) is 36.3 Å². The summed E-state index contributed by atoms with van der Waals surface area (Å²) in [6, 6.07) is 4.40. The van der Waals surface area contributed by atoms with Crippen LogP contribution in [0.4, 0.5) is 5.69 Å². The molecule has 0 radical (unpaired) electrons. The zero-order valence-electron chi connectivity index (χ0n) is 10.6. The van der Waals surface area contributed by atoms with Crippen molar-refractivity contribution in [3.63, 3.8) is 0 Å². The van der Waals surface area contributed by atoms with Crippen molar-refractivity contribution in [1.82, 2.24) is 4.90 Å². The molecule has 0 aliphatic rings. The van der Waals surface area contributed by atoms with Crippen molar-refractivity contribution in [2.45, 2.75) is 13.0 Å². The molecule has 1 unspecified atom stereocenters. The molecular formula is C12H15Cl2N3O2. The molecule has 2 amide bonds. The maximum absolute atomic E-state index is 11.8. The Hall–Kier alpha value is -1.30. The van der Waals surface area contributed by atoms with E-state index >= 15 is 0 Å². The number of nitrogens with one attached hydrogen (secondary N) is 1.